The van der Waals surface area contributed by atoms with Crippen molar-refractivity contribution in [2.45, 2.75) is 43.7 Å². The molecule has 0 spiro atoms. The molecule has 2 saturated heterocycles. The quantitative estimate of drug-likeness (QED) is 0.655. The summed E-state index contributed by atoms with van der Waals surface area (Å²) in [6, 6.07) is 0.340. The van der Waals surface area contributed by atoms with E-state index in [2.05, 4.69) is 5.32 Å². The van der Waals surface area contributed by atoms with Gasteiger partial charge in [0.2, 0.25) is 5.91 Å². The lowest BCUT2D eigenvalue weighted by atomic mass is 9.88. The van der Waals surface area contributed by atoms with Crippen molar-refractivity contribution in [1.29, 1.82) is 5.26 Å². The van der Waals surface area contributed by atoms with Crippen LogP contribution < -0.4 is 5.32 Å². The van der Waals surface area contributed by atoms with Gasteiger partial charge in [-0.1, -0.05) is 6.07 Å². The second-order valence-corrected chi connectivity index (χ2v) is 8.01. The molecule has 1 aromatic rings. The number of ether oxygens (including phenoxy) is 1. The fourth-order valence-corrected chi connectivity index (χ4v) is 4.28. The molecule has 0 bridgehead atoms. The Hall–Kier alpha value is -3.01. The number of nitriles is 1. The molecular formula is C21H22F6N4O3. The van der Waals surface area contributed by atoms with E-state index < -0.39 is 53.5 Å². The van der Waals surface area contributed by atoms with E-state index in [0.717, 1.165) is 12.1 Å². The first-order valence-electron chi connectivity index (χ1n) is 10.5. The van der Waals surface area contributed by atoms with Crippen molar-refractivity contribution in [3.05, 3.63) is 34.9 Å². The number of benzene rings is 1. The van der Waals surface area contributed by atoms with Crippen molar-refractivity contribution in [3.63, 3.8) is 0 Å². The fourth-order valence-electron chi connectivity index (χ4n) is 4.28. The monoisotopic (exact) mass is 492 g/mol. The normalized spacial score (nSPS) is 23.5. The topological polar surface area (TPSA) is 85.7 Å². The van der Waals surface area contributed by atoms with E-state index in [1.165, 1.54) is 15.9 Å². The van der Waals surface area contributed by atoms with Gasteiger partial charge in [0.05, 0.1) is 29.8 Å². The van der Waals surface area contributed by atoms with Crippen LogP contribution in [-0.4, -0.2) is 72.8 Å². The van der Waals surface area contributed by atoms with E-state index in [-0.39, 0.29) is 44.8 Å². The van der Waals surface area contributed by atoms with Crippen LogP contribution in [-0.2, 0) is 15.7 Å². The lowest BCUT2D eigenvalue weighted by Gasteiger charge is -2.35. The molecule has 7 nitrogen and oxygen atoms in total. The summed E-state index contributed by atoms with van der Waals surface area (Å²) < 4.78 is 86.1. The highest BCUT2D eigenvalue weighted by Gasteiger charge is 2.53. The minimum absolute atomic E-state index is 0.0896. The van der Waals surface area contributed by atoms with Crippen LogP contribution in [0.2, 0.25) is 0 Å². The Balaban J connectivity index is 1.79. The van der Waals surface area contributed by atoms with Crippen molar-refractivity contribution in [1.82, 2.24) is 15.1 Å². The van der Waals surface area contributed by atoms with E-state index in [1.807, 2.05) is 0 Å². The predicted molar refractivity (Wildman–Crippen MR) is 105 cm³/mol. The number of amides is 2. The number of piperazine rings is 1. The summed E-state index contributed by atoms with van der Waals surface area (Å²) in [5, 5.41) is 11.2. The van der Waals surface area contributed by atoms with Crippen LogP contribution >= 0.6 is 0 Å². The lowest BCUT2D eigenvalue weighted by Crippen LogP contribution is -2.55. The Labute approximate surface area is 191 Å². The molecule has 2 amide bonds. The minimum Gasteiger partial charge on any atom is -0.450 e. The molecule has 2 fully saturated rings. The standard InChI is InChI=1S/C21H22F6N4O3/c1-2-34-19(33)31-7-5-30(6-8-31)18(32)16-10-14(17(29-16)21(25,26)27)12-3-4-13(11-28)15(9-12)20(22,23)24/h3-4,9,14,16-17,29H,2,5-8,10H2,1H3/t14?,16-,17+/m0/s1. The maximum atomic E-state index is 13.7. The van der Waals surface area contributed by atoms with Gasteiger partial charge < -0.3 is 14.5 Å². The first-order chi connectivity index (χ1) is 15.9. The number of carbonyl (C=O) groups is 2. The van der Waals surface area contributed by atoms with Gasteiger partial charge in [0.25, 0.3) is 0 Å². The van der Waals surface area contributed by atoms with E-state index in [0.29, 0.717) is 6.07 Å². The smallest absolute Gasteiger partial charge is 0.417 e. The third-order valence-corrected chi connectivity index (χ3v) is 5.94. The molecule has 2 heterocycles. The van der Waals surface area contributed by atoms with Gasteiger partial charge in [0, 0.05) is 32.1 Å². The van der Waals surface area contributed by atoms with Crippen molar-refractivity contribution >= 4 is 12.0 Å². The summed E-state index contributed by atoms with van der Waals surface area (Å²) in [5.41, 5.74) is -2.28. The molecule has 0 radical (unpaired) electrons. The molecule has 1 N–H and O–H groups in total. The molecular weight excluding hydrogens is 470 g/mol. The molecule has 3 rings (SSSR count). The fraction of sp³-hybridized carbons (Fsp3) is 0.571. The van der Waals surface area contributed by atoms with Crippen molar-refractivity contribution < 1.29 is 40.7 Å². The van der Waals surface area contributed by atoms with Gasteiger partial charge in [-0.3, -0.25) is 10.1 Å². The van der Waals surface area contributed by atoms with Crippen molar-refractivity contribution in [2.24, 2.45) is 0 Å². The maximum Gasteiger partial charge on any atom is 0.417 e. The molecule has 34 heavy (non-hydrogen) atoms. The zero-order valence-corrected chi connectivity index (χ0v) is 18.0. The van der Waals surface area contributed by atoms with Crippen LogP contribution in [0.25, 0.3) is 0 Å². The molecule has 3 atom stereocenters. The highest BCUT2D eigenvalue weighted by atomic mass is 19.4. The largest absolute Gasteiger partial charge is 0.450 e. The van der Waals surface area contributed by atoms with E-state index in [4.69, 9.17) is 10.00 Å². The van der Waals surface area contributed by atoms with Gasteiger partial charge in [-0.2, -0.15) is 31.6 Å². The molecule has 186 valence electrons. The van der Waals surface area contributed by atoms with E-state index >= 15 is 0 Å². The molecule has 0 aromatic heterocycles. The zero-order valence-electron chi connectivity index (χ0n) is 18.0. The number of nitrogens with zero attached hydrogens (tertiary/aromatic N) is 3. The number of hydrogen-bond donors (Lipinski definition) is 1. The number of rotatable bonds is 3. The third kappa shape index (κ3) is 5.38. The number of alkyl halides is 6. The van der Waals surface area contributed by atoms with Crippen LogP contribution in [0, 0.1) is 11.3 Å². The van der Waals surface area contributed by atoms with Crippen molar-refractivity contribution in [2.75, 3.05) is 32.8 Å². The first-order valence-corrected chi connectivity index (χ1v) is 10.5. The summed E-state index contributed by atoms with van der Waals surface area (Å²) in [6.45, 7) is 2.29. The number of carbonyl (C=O) groups excluding carboxylic acids is 2. The first kappa shape index (κ1) is 25.6. The molecule has 13 heteroatoms. The average Bonchev–Trinajstić information content (AvgIpc) is 3.24. The molecule has 1 aromatic carbocycles. The van der Waals surface area contributed by atoms with Crippen LogP contribution in [0.1, 0.15) is 36.0 Å². The molecule has 0 aliphatic carbocycles. The lowest BCUT2D eigenvalue weighted by molar-refractivity contribution is -0.156. The van der Waals surface area contributed by atoms with Gasteiger partial charge >= 0.3 is 18.4 Å². The molecule has 2 aliphatic rings. The Kier molecular flexibility index (Phi) is 7.30. The zero-order chi connectivity index (χ0) is 25.3. The third-order valence-electron chi connectivity index (χ3n) is 5.94. The summed E-state index contributed by atoms with van der Waals surface area (Å²) in [4.78, 5) is 27.4. The number of nitrogens with one attached hydrogen (secondary N) is 1. The minimum atomic E-state index is -4.92. The Morgan fingerprint density at radius 2 is 1.74 bits per heavy atom. The Bertz CT molecular complexity index is 967. The average molecular weight is 492 g/mol. The summed E-state index contributed by atoms with van der Waals surface area (Å²) >= 11 is 0. The predicted octanol–water partition coefficient (Wildman–Crippen LogP) is 3.25. The van der Waals surface area contributed by atoms with Crippen LogP contribution in [0.5, 0.6) is 0 Å². The Morgan fingerprint density at radius 3 is 2.26 bits per heavy atom. The molecule has 2 aliphatic heterocycles. The van der Waals surface area contributed by atoms with Gasteiger partial charge in [-0.25, -0.2) is 4.79 Å². The van der Waals surface area contributed by atoms with Gasteiger partial charge in [0.15, 0.2) is 0 Å². The highest BCUT2D eigenvalue weighted by Crippen LogP contribution is 2.42. The van der Waals surface area contributed by atoms with Crippen LogP contribution in [0.15, 0.2) is 18.2 Å². The number of halogens is 6. The van der Waals surface area contributed by atoms with E-state index in [9.17, 15) is 35.9 Å². The summed E-state index contributed by atoms with van der Waals surface area (Å²) in [7, 11) is 0. The summed E-state index contributed by atoms with van der Waals surface area (Å²) in [6.07, 6.45) is -10.7. The SMILES string of the molecule is CCOC(=O)N1CCN(C(=O)[C@@H]2CC(c3ccc(C#N)c(C(F)(F)F)c3)[C@H](C(F)(F)F)N2)CC1. The molecule has 1 unspecified atom stereocenters. The second kappa shape index (κ2) is 9.69. The van der Waals surface area contributed by atoms with Crippen LogP contribution in [0.3, 0.4) is 0 Å². The van der Waals surface area contributed by atoms with Crippen molar-refractivity contribution in [3.8, 4) is 6.07 Å². The Morgan fingerprint density at radius 1 is 1.12 bits per heavy atom. The van der Waals surface area contributed by atoms with E-state index in [1.54, 1.807) is 6.92 Å². The molecule has 0 saturated carbocycles. The van der Waals surface area contributed by atoms with Crippen LogP contribution in [0.4, 0.5) is 31.1 Å². The summed E-state index contributed by atoms with van der Waals surface area (Å²) in [5.74, 6) is -2.08. The van der Waals surface area contributed by atoms with Gasteiger partial charge in [-0.05, 0) is 31.0 Å². The number of hydrogen-bond acceptors (Lipinski definition) is 5. The van der Waals surface area contributed by atoms with Gasteiger partial charge in [-0.15, -0.1) is 0 Å². The second-order valence-electron chi connectivity index (χ2n) is 8.01. The highest BCUT2D eigenvalue weighted by molar-refractivity contribution is 5.83. The maximum absolute atomic E-state index is 13.7. The van der Waals surface area contributed by atoms with Gasteiger partial charge in [0.1, 0.15) is 6.04 Å².